The summed E-state index contributed by atoms with van der Waals surface area (Å²) in [4.78, 5) is 24.5. The van der Waals surface area contributed by atoms with Crippen LogP contribution in [0.15, 0.2) is 66.9 Å². The van der Waals surface area contributed by atoms with Crippen LogP contribution in [0.25, 0.3) is 5.69 Å². The first-order chi connectivity index (χ1) is 13.5. The second-order valence-electron chi connectivity index (χ2n) is 6.16. The number of phenolic OH excluding ortho intramolecular Hbond substituents is 1. The largest absolute Gasteiger partial charge is 0.508 e. The molecular weight excluding hydrogens is 469 g/mol. The van der Waals surface area contributed by atoms with Crippen molar-refractivity contribution in [3.05, 3.63) is 81.7 Å². The van der Waals surface area contributed by atoms with E-state index in [1.54, 1.807) is 18.2 Å². The fourth-order valence-electron chi connectivity index (χ4n) is 2.75. The molecule has 3 rings (SSSR count). The van der Waals surface area contributed by atoms with Gasteiger partial charge in [0.1, 0.15) is 11.4 Å². The Hall–Kier alpha value is -2.81. The molecule has 3 N–H and O–H groups in total. The minimum Gasteiger partial charge on any atom is -0.508 e. The molecule has 0 spiro atoms. The molecule has 28 heavy (non-hydrogen) atoms. The summed E-state index contributed by atoms with van der Waals surface area (Å²) in [6.07, 6.45) is 2.45. The molecule has 2 aromatic carbocycles. The van der Waals surface area contributed by atoms with Gasteiger partial charge in [0.2, 0.25) is 0 Å². The van der Waals surface area contributed by atoms with Crippen LogP contribution in [0.5, 0.6) is 5.75 Å². The number of halogens is 1. The van der Waals surface area contributed by atoms with Crippen LogP contribution in [0.2, 0.25) is 0 Å². The van der Waals surface area contributed by atoms with Gasteiger partial charge >= 0.3 is 0 Å². The summed E-state index contributed by atoms with van der Waals surface area (Å²) in [6, 6.07) is 17.7. The van der Waals surface area contributed by atoms with Crippen molar-refractivity contribution >= 4 is 34.4 Å². The molecule has 0 aliphatic heterocycles. The Kier molecular flexibility index (Phi) is 6.70. The van der Waals surface area contributed by atoms with Crippen molar-refractivity contribution in [1.82, 2.24) is 15.2 Å². The van der Waals surface area contributed by atoms with Gasteiger partial charge < -0.3 is 20.3 Å². The van der Waals surface area contributed by atoms with Crippen LogP contribution in [0.1, 0.15) is 27.3 Å². The van der Waals surface area contributed by atoms with Gasteiger partial charge in [-0.05, 0) is 77.5 Å². The SMILES string of the molecule is O=C(NCCCNC(=O)c1cccn1-c1cccc(I)c1)c1cccc(O)c1. The molecule has 0 saturated carbocycles. The van der Waals surface area contributed by atoms with Gasteiger partial charge in [-0.15, -0.1) is 0 Å². The maximum atomic E-state index is 12.5. The highest BCUT2D eigenvalue weighted by molar-refractivity contribution is 14.1. The van der Waals surface area contributed by atoms with Crippen LogP contribution in [-0.2, 0) is 0 Å². The molecule has 7 heteroatoms. The van der Waals surface area contributed by atoms with E-state index in [2.05, 4.69) is 33.2 Å². The Labute approximate surface area is 176 Å². The van der Waals surface area contributed by atoms with Crippen LogP contribution in [-0.4, -0.2) is 34.6 Å². The van der Waals surface area contributed by atoms with Gasteiger partial charge in [0, 0.05) is 34.1 Å². The normalized spacial score (nSPS) is 10.5. The van der Waals surface area contributed by atoms with Crippen LogP contribution >= 0.6 is 22.6 Å². The molecule has 0 unspecified atom stereocenters. The van der Waals surface area contributed by atoms with Gasteiger partial charge in [0.05, 0.1) is 0 Å². The van der Waals surface area contributed by atoms with Crippen molar-refractivity contribution in [1.29, 1.82) is 0 Å². The second-order valence-corrected chi connectivity index (χ2v) is 7.40. The number of hydrogen-bond acceptors (Lipinski definition) is 3. The maximum absolute atomic E-state index is 12.5. The van der Waals surface area contributed by atoms with Crippen molar-refractivity contribution in [2.45, 2.75) is 6.42 Å². The number of aromatic nitrogens is 1. The van der Waals surface area contributed by atoms with Crippen molar-refractivity contribution in [2.75, 3.05) is 13.1 Å². The van der Waals surface area contributed by atoms with Crippen molar-refractivity contribution in [3.63, 3.8) is 0 Å². The Bertz CT molecular complexity index is 984. The first-order valence-electron chi connectivity index (χ1n) is 8.83. The van der Waals surface area contributed by atoms with Gasteiger partial charge in [-0.3, -0.25) is 9.59 Å². The first kappa shape index (κ1) is 19.9. The zero-order chi connectivity index (χ0) is 19.9. The molecule has 6 nitrogen and oxygen atoms in total. The van der Waals surface area contributed by atoms with E-state index in [0.717, 1.165) is 9.26 Å². The van der Waals surface area contributed by atoms with E-state index in [0.29, 0.717) is 30.8 Å². The zero-order valence-electron chi connectivity index (χ0n) is 15.1. The Morgan fingerprint density at radius 2 is 1.68 bits per heavy atom. The summed E-state index contributed by atoms with van der Waals surface area (Å²) in [7, 11) is 0. The van der Waals surface area contributed by atoms with E-state index >= 15 is 0 Å². The van der Waals surface area contributed by atoms with Gasteiger partial charge in [0.25, 0.3) is 11.8 Å². The van der Waals surface area contributed by atoms with Gasteiger partial charge in [-0.2, -0.15) is 0 Å². The summed E-state index contributed by atoms with van der Waals surface area (Å²) in [5.41, 5.74) is 1.89. The molecule has 0 radical (unpaired) electrons. The third kappa shape index (κ3) is 5.13. The number of amides is 2. The summed E-state index contributed by atoms with van der Waals surface area (Å²) in [5.74, 6) is -0.367. The topological polar surface area (TPSA) is 83.4 Å². The smallest absolute Gasteiger partial charge is 0.268 e. The van der Waals surface area contributed by atoms with Crippen LogP contribution in [0, 0.1) is 3.57 Å². The van der Waals surface area contributed by atoms with Gasteiger partial charge in [0.15, 0.2) is 0 Å². The van der Waals surface area contributed by atoms with E-state index in [-0.39, 0.29) is 17.6 Å². The molecule has 144 valence electrons. The number of rotatable bonds is 7. The highest BCUT2D eigenvalue weighted by atomic mass is 127. The summed E-state index contributed by atoms with van der Waals surface area (Å²) >= 11 is 2.24. The van der Waals surface area contributed by atoms with Gasteiger partial charge in [-0.25, -0.2) is 0 Å². The number of carbonyl (C=O) groups is 2. The molecule has 0 atom stereocenters. The number of benzene rings is 2. The number of nitrogens with zero attached hydrogens (tertiary/aromatic N) is 1. The molecule has 0 saturated heterocycles. The highest BCUT2D eigenvalue weighted by Crippen LogP contribution is 2.16. The van der Waals surface area contributed by atoms with E-state index in [1.165, 1.54) is 12.1 Å². The number of carbonyl (C=O) groups excluding carboxylic acids is 2. The van der Waals surface area contributed by atoms with Gasteiger partial charge in [-0.1, -0.05) is 12.1 Å². The lowest BCUT2D eigenvalue weighted by atomic mass is 10.2. The number of nitrogens with one attached hydrogen (secondary N) is 2. The average Bonchev–Trinajstić information content (AvgIpc) is 3.17. The standard InChI is InChI=1S/C21H20IN3O3/c22-16-6-2-7-17(14-16)25-12-3-9-19(25)21(28)24-11-4-10-23-20(27)15-5-1-8-18(26)13-15/h1-3,5-9,12-14,26H,4,10-11H2,(H,23,27)(H,24,28). The predicted molar refractivity (Wildman–Crippen MR) is 116 cm³/mol. The van der Waals surface area contributed by atoms with E-state index < -0.39 is 0 Å². The maximum Gasteiger partial charge on any atom is 0.268 e. The minimum absolute atomic E-state index is 0.0519. The average molecular weight is 489 g/mol. The van der Waals surface area contributed by atoms with E-state index in [1.807, 2.05) is 41.1 Å². The highest BCUT2D eigenvalue weighted by Gasteiger charge is 2.12. The molecule has 0 bridgehead atoms. The molecule has 1 aromatic heterocycles. The molecule has 0 aliphatic rings. The predicted octanol–water partition coefficient (Wildman–Crippen LogP) is 3.34. The summed E-state index contributed by atoms with van der Waals surface area (Å²) < 4.78 is 2.94. The molecule has 3 aromatic rings. The molecular formula is C21H20IN3O3. The second kappa shape index (κ2) is 9.41. The monoisotopic (exact) mass is 489 g/mol. The molecule has 0 fully saturated rings. The van der Waals surface area contributed by atoms with E-state index in [9.17, 15) is 14.7 Å². The van der Waals surface area contributed by atoms with Crippen LogP contribution in [0.4, 0.5) is 0 Å². The molecule has 0 aliphatic carbocycles. The lowest BCUT2D eigenvalue weighted by Crippen LogP contribution is -2.30. The first-order valence-corrected chi connectivity index (χ1v) is 9.91. The third-order valence-electron chi connectivity index (χ3n) is 4.10. The van der Waals surface area contributed by atoms with Crippen LogP contribution < -0.4 is 10.6 Å². The van der Waals surface area contributed by atoms with Crippen molar-refractivity contribution in [2.24, 2.45) is 0 Å². The third-order valence-corrected chi connectivity index (χ3v) is 4.77. The number of hydrogen-bond donors (Lipinski definition) is 3. The lowest BCUT2D eigenvalue weighted by molar-refractivity contribution is 0.0946. The zero-order valence-corrected chi connectivity index (χ0v) is 17.2. The fourth-order valence-corrected chi connectivity index (χ4v) is 3.28. The Morgan fingerprint density at radius 1 is 0.929 bits per heavy atom. The molecule has 1 heterocycles. The number of aromatic hydroxyl groups is 1. The Balaban J connectivity index is 1.48. The minimum atomic E-state index is -0.255. The lowest BCUT2D eigenvalue weighted by Gasteiger charge is -2.11. The van der Waals surface area contributed by atoms with Crippen molar-refractivity contribution < 1.29 is 14.7 Å². The summed E-state index contributed by atoms with van der Waals surface area (Å²) in [6.45, 7) is 0.864. The Morgan fingerprint density at radius 3 is 2.43 bits per heavy atom. The van der Waals surface area contributed by atoms with E-state index in [4.69, 9.17) is 0 Å². The fraction of sp³-hybridized carbons (Fsp3) is 0.143. The van der Waals surface area contributed by atoms with Crippen LogP contribution in [0.3, 0.4) is 0 Å². The number of phenols is 1. The van der Waals surface area contributed by atoms with Crippen molar-refractivity contribution in [3.8, 4) is 11.4 Å². The quantitative estimate of drug-likeness (QED) is 0.352. The molecule has 2 amide bonds. The summed E-state index contributed by atoms with van der Waals surface area (Å²) in [5, 5.41) is 15.1.